The molecule has 6 nitrogen and oxygen atoms in total. The Hall–Kier alpha value is -1.40. The van der Waals surface area contributed by atoms with E-state index < -0.39 is 12.2 Å². The van der Waals surface area contributed by atoms with Crippen LogP contribution in [0.4, 0.5) is 11.6 Å². The summed E-state index contributed by atoms with van der Waals surface area (Å²) in [6, 6.07) is 0. The number of β-amino-alcohol motifs (C(OH)–C–C–N with tert-alkyl or cyclic N) is 2. The van der Waals surface area contributed by atoms with Gasteiger partial charge < -0.3 is 20.4 Å². The molecule has 2 atom stereocenters. The van der Waals surface area contributed by atoms with Crippen molar-refractivity contribution in [1.82, 2.24) is 9.97 Å². The summed E-state index contributed by atoms with van der Waals surface area (Å²) in [6.07, 6.45) is -1.44. The van der Waals surface area contributed by atoms with Crippen molar-refractivity contribution in [3.63, 3.8) is 0 Å². The molecule has 1 fully saturated rings. The number of aromatic nitrogens is 2. The van der Waals surface area contributed by atoms with Gasteiger partial charge in [-0.05, 0) is 13.8 Å². The van der Waals surface area contributed by atoms with Crippen LogP contribution < -0.4 is 10.2 Å². The Morgan fingerprint density at radius 2 is 1.76 bits per heavy atom. The van der Waals surface area contributed by atoms with Gasteiger partial charge >= 0.3 is 0 Å². The number of aliphatic hydroxyl groups is 2. The average molecular weight is 294 g/mol. The zero-order valence-electron chi connectivity index (χ0n) is 13.5. The van der Waals surface area contributed by atoms with E-state index in [9.17, 15) is 10.2 Å². The third-order valence-corrected chi connectivity index (χ3v) is 3.69. The number of aliphatic hydroxyl groups excluding tert-OH is 2. The highest BCUT2D eigenvalue weighted by atomic mass is 16.3. The number of hydrogen-bond acceptors (Lipinski definition) is 6. The number of nitrogens with zero attached hydrogens (tertiary/aromatic N) is 3. The molecule has 2 unspecified atom stereocenters. The predicted molar refractivity (Wildman–Crippen MR) is 83.9 cm³/mol. The van der Waals surface area contributed by atoms with E-state index in [1.54, 1.807) is 0 Å². The summed E-state index contributed by atoms with van der Waals surface area (Å²) in [5.74, 6) is 2.37. The van der Waals surface area contributed by atoms with E-state index in [1.165, 1.54) is 0 Å². The molecule has 0 amide bonds. The highest BCUT2D eigenvalue weighted by molar-refractivity contribution is 5.59. The van der Waals surface area contributed by atoms with Crippen molar-refractivity contribution in [2.45, 2.75) is 52.2 Å². The predicted octanol–water partition coefficient (Wildman–Crippen LogP) is 1.06. The number of hydrogen-bond donors (Lipinski definition) is 3. The lowest BCUT2D eigenvalue weighted by Crippen LogP contribution is -2.27. The fraction of sp³-hybridized carbons (Fsp3) is 0.733. The van der Waals surface area contributed by atoms with Crippen molar-refractivity contribution in [3.05, 3.63) is 11.4 Å². The van der Waals surface area contributed by atoms with E-state index in [-0.39, 0.29) is 5.41 Å². The van der Waals surface area contributed by atoms with Crippen molar-refractivity contribution in [2.75, 3.05) is 29.9 Å². The molecule has 1 aromatic heterocycles. The van der Waals surface area contributed by atoms with Gasteiger partial charge in [0.15, 0.2) is 0 Å². The molecule has 3 N–H and O–H groups in total. The summed E-state index contributed by atoms with van der Waals surface area (Å²) in [5.41, 5.74) is 0.787. The lowest BCUT2D eigenvalue weighted by atomic mass is 9.95. The molecule has 2 rings (SSSR count). The molecule has 1 aliphatic heterocycles. The first-order valence-corrected chi connectivity index (χ1v) is 7.48. The SMILES string of the molecule is CCNc1nc(C(C)(C)C)nc(N2CC(O)C(O)C2)c1C. The molecule has 21 heavy (non-hydrogen) atoms. The summed E-state index contributed by atoms with van der Waals surface area (Å²) in [7, 11) is 0. The largest absolute Gasteiger partial charge is 0.389 e. The molecule has 0 radical (unpaired) electrons. The molecule has 0 aliphatic carbocycles. The highest BCUT2D eigenvalue weighted by Crippen LogP contribution is 2.30. The Balaban J connectivity index is 2.46. The minimum absolute atomic E-state index is 0.163. The van der Waals surface area contributed by atoms with Gasteiger partial charge in [-0.15, -0.1) is 0 Å². The molecule has 1 aliphatic rings. The van der Waals surface area contributed by atoms with E-state index >= 15 is 0 Å². The van der Waals surface area contributed by atoms with Crippen LogP contribution in [-0.4, -0.2) is 52.0 Å². The Labute approximate surface area is 126 Å². The summed E-state index contributed by atoms with van der Waals surface area (Å²) < 4.78 is 0. The Kier molecular flexibility index (Phi) is 4.39. The van der Waals surface area contributed by atoms with Crippen LogP contribution in [0.25, 0.3) is 0 Å². The standard InChI is InChI=1S/C15H26N4O2/c1-6-16-12-9(2)13(18-14(17-12)15(3,4)5)19-7-10(20)11(21)8-19/h10-11,20-21H,6-8H2,1-5H3,(H,16,17,18). The smallest absolute Gasteiger partial charge is 0.138 e. The Bertz CT molecular complexity index is 503. The molecule has 0 spiro atoms. The second-order valence-corrected chi connectivity index (χ2v) is 6.66. The third kappa shape index (κ3) is 3.27. The second kappa shape index (κ2) is 5.77. The second-order valence-electron chi connectivity index (χ2n) is 6.66. The molecule has 0 saturated carbocycles. The molecule has 6 heteroatoms. The molecular weight excluding hydrogens is 268 g/mol. The van der Waals surface area contributed by atoms with Gasteiger partial charge in [0, 0.05) is 30.6 Å². The zero-order chi connectivity index (χ0) is 15.8. The summed E-state index contributed by atoms with van der Waals surface area (Å²) in [4.78, 5) is 11.3. The van der Waals surface area contributed by atoms with E-state index in [4.69, 9.17) is 0 Å². The topological polar surface area (TPSA) is 81.5 Å². The molecule has 118 valence electrons. The van der Waals surface area contributed by atoms with Gasteiger partial charge in [0.2, 0.25) is 0 Å². The zero-order valence-corrected chi connectivity index (χ0v) is 13.5. The maximum atomic E-state index is 9.77. The van der Waals surface area contributed by atoms with Crippen molar-refractivity contribution in [2.24, 2.45) is 0 Å². The van der Waals surface area contributed by atoms with Gasteiger partial charge in [0.05, 0.1) is 12.2 Å². The van der Waals surface area contributed by atoms with Gasteiger partial charge in [-0.2, -0.15) is 0 Å². The van der Waals surface area contributed by atoms with Gasteiger partial charge in [-0.25, -0.2) is 9.97 Å². The summed E-state index contributed by atoms with van der Waals surface area (Å²) in [6.45, 7) is 11.8. The van der Waals surface area contributed by atoms with Crippen LogP contribution in [0.5, 0.6) is 0 Å². The molecule has 2 heterocycles. The molecule has 0 aromatic carbocycles. The molecular formula is C15H26N4O2. The van der Waals surface area contributed by atoms with E-state index in [2.05, 4.69) is 36.1 Å². The summed E-state index contributed by atoms with van der Waals surface area (Å²) in [5, 5.41) is 22.8. The fourth-order valence-corrected chi connectivity index (χ4v) is 2.43. The summed E-state index contributed by atoms with van der Waals surface area (Å²) >= 11 is 0. The van der Waals surface area contributed by atoms with Gasteiger partial charge in [-0.1, -0.05) is 20.8 Å². The van der Waals surface area contributed by atoms with Gasteiger partial charge in [0.1, 0.15) is 17.5 Å². The molecule has 0 bridgehead atoms. The van der Waals surface area contributed by atoms with Crippen LogP contribution in [0.1, 0.15) is 39.1 Å². The number of rotatable bonds is 3. The van der Waals surface area contributed by atoms with E-state index in [1.807, 2.05) is 18.7 Å². The van der Waals surface area contributed by atoms with E-state index in [0.717, 1.165) is 29.6 Å². The average Bonchev–Trinajstić information content (AvgIpc) is 2.71. The van der Waals surface area contributed by atoms with Gasteiger partial charge in [0.25, 0.3) is 0 Å². The monoisotopic (exact) mass is 294 g/mol. The quantitative estimate of drug-likeness (QED) is 0.773. The minimum Gasteiger partial charge on any atom is -0.389 e. The molecule has 1 aromatic rings. The van der Waals surface area contributed by atoms with Crippen molar-refractivity contribution >= 4 is 11.6 Å². The van der Waals surface area contributed by atoms with Crippen LogP contribution in [0.2, 0.25) is 0 Å². The van der Waals surface area contributed by atoms with Crippen molar-refractivity contribution < 1.29 is 10.2 Å². The van der Waals surface area contributed by atoms with Crippen molar-refractivity contribution in [1.29, 1.82) is 0 Å². The molecule has 1 saturated heterocycles. The highest BCUT2D eigenvalue weighted by Gasteiger charge is 2.32. The van der Waals surface area contributed by atoms with Crippen LogP contribution in [-0.2, 0) is 5.41 Å². The number of anilines is 2. The van der Waals surface area contributed by atoms with Crippen LogP contribution in [0.15, 0.2) is 0 Å². The minimum atomic E-state index is -0.722. The van der Waals surface area contributed by atoms with Crippen LogP contribution in [0, 0.1) is 6.92 Å². The lowest BCUT2D eigenvalue weighted by Gasteiger charge is -2.25. The van der Waals surface area contributed by atoms with Crippen LogP contribution in [0.3, 0.4) is 0 Å². The van der Waals surface area contributed by atoms with Gasteiger partial charge in [-0.3, -0.25) is 0 Å². The Morgan fingerprint density at radius 1 is 1.19 bits per heavy atom. The Morgan fingerprint density at radius 3 is 2.24 bits per heavy atom. The normalized spacial score (nSPS) is 22.7. The van der Waals surface area contributed by atoms with E-state index in [0.29, 0.717) is 13.1 Å². The maximum Gasteiger partial charge on any atom is 0.138 e. The third-order valence-electron chi connectivity index (χ3n) is 3.69. The van der Waals surface area contributed by atoms with Crippen LogP contribution >= 0.6 is 0 Å². The maximum absolute atomic E-state index is 9.77. The lowest BCUT2D eigenvalue weighted by molar-refractivity contribution is 0.0572. The van der Waals surface area contributed by atoms with Crippen molar-refractivity contribution in [3.8, 4) is 0 Å². The first-order valence-electron chi connectivity index (χ1n) is 7.48. The first-order chi connectivity index (χ1) is 9.74. The number of nitrogens with one attached hydrogen (secondary N) is 1. The first kappa shape index (κ1) is 16.0. The fourth-order valence-electron chi connectivity index (χ4n) is 2.43.